The van der Waals surface area contributed by atoms with Gasteiger partial charge in [0.2, 0.25) is 5.91 Å². The van der Waals surface area contributed by atoms with Gasteiger partial charge in [0.1, 0.15) is 0 Å². The van der Waals surface area contributed by atoms with E-state index in [1.54, 1.807) is 23.1 Å². The highest BCUT2D eigenvalue weighted by Gasteiger charge is 2.25. The number of nitrogens with one attached hydrogen (secondary N) is 2. The summed E-state index contributed by atoms with van der Waals surface area (Å²) in [5, 5.41) is 2.81. The van der Waals surface area contributed by atoms with Crippen LogP contribution in [0, 0.1) is 0 Å². The average Bonchev–Trinajstić information content (AvgIpc) is 2.96. The van der Waals surface area contributed by atoms with Crippen LogP contribution >= 0.6 is 0 Å². The van der Waals surface area contributed by atoms with E-state index in [9.17, 15) is 14.4 Å². The molecule has 138 valence electrons. The van der Waals surface area contributed by atoms with E-state index < -0.39 is 5.76 Å². The largest absolute Gasteiger partial charge is 0.417 e. The molecule has 4 rings (SSSR count). The Morgan fingerprint density at radius 3 is 2.63 bits per heavy atom. The average molecular weight is 365 g/mol. The van der Waals surface area contributed by atoms with Crippen molar-refractivity contribution in [2.45, 2.75) is 19.4 Å². The normalized spacial score (nSPS) is 17.6. The Morgan fingerprint density at radius 1 is 1.11 bits per heavy atom. The van der Waals surface area contributed by atoms with Crippen LogP contribution in [0.1, 0.15) is 23.7 Å². The Morgan fingerprint density at radius 2 is 1.85 bits per heavy atom. The summed E-state index contributed by atoms with van der Waals surface area (Å²) >= 11 is 0. The third kappa shape index (κ3) is 3.36. The van der Waals surface area contributed by atoms with Crippen LogP contribution in [-0.2, 0) is 4.79 Å². The number of amides is 2. The SMILES string of the molecule is C[C@@H]1CNC(=O)CCN1C(=O)c1ccc(-c2ccc3oc(=O)[nH]c3c2)cc1. The van der Waals surface area contributed by atoms with Crippen LogP contribution in [0.2, 0.25) is 0 Å². The first-order chi connectivity index (χ1) is 13.0. The Labute approximate surface area is 155 Å². The lowest BCUT2D eigenvalue weighted by atomic mass is 10.0. The number of hydrogen-bond donors (Lipinski definition) is 2. The van der Waals surface area contributed by atoms with Crippen molar-refractivity contribution >= 4 is 22.9 Å². The lowest BCUT2D eigenvalue weighted by molar-refractivity contribution is -0.120. The molecule has 0 unspecified atom stereocenters. The van der Waals surface area contributed by atoms with Crippen molar-refractivity contribution < 1.29 is 14.0 Å². The van der Waals surface area contributed by atoms with E-state index >= 15 is 0 Å². The number of rotatable bonds is 2. The van der Waals surface area contributed by atoms with Gasteiger partial charge in [0.05, 0.1) is 5.52 Å². The number of carbonyl (C=O) groups excluding carboxylic acids is 2. The molecule has 2 amide bonds. The molecular weight excluding hydrogens is 346 g/mol. The molecule has 0 saturated carbocycles. The molecule has 0 spiro atoms. The number of aromatic nitrogens is 1. The number of aromatic amines is 1. The Hall–Kier alpha value is -3.35. The first-order valence-corrected chi connectivity index (χ1v) is 8.82. The van der Waals surface area contributed by atoms with Gasteiger partial charge in [0, 0.05) is 31.1 Å². The monoisotopic (exact) mass is 365 g/mol. The van der Waals surface area contributed by atoms with E-state index in [-0.39, 0.29) is 17.9 Å². The molecule has 0 aliphatic carbocycles. The molecule has 7 nitrogen and oxygen atoms in total. The maximum absolute atomic E-state index is 12.8. The van der Waals surface area contributed by atoms with Crippen LogP contribution in [-0.4, -0.2) is 40.8 Å². The minimum Gasteiger partial charge on any atom is -0.408 e. The summed E-state index contributed by atoms with van der Waals surface area (Å²) in [5.41, 5.74) is 3.56. The standard InChI is InChI=1S/C20H19N3O4/c1-12-11-21-18(24)8-9-23(12)19(25)14-4-2-13(3-5-14)15-6-7-17-16(10-15)22-20(26)27-17/h2-7,10,12H,8-9,11H2,1H3,(H,21,24)(H,22,26)/t12-/m1/s1. The van der Waals surface area contributed by atoms with Crippen molar-refractivity contribution in [3.8, 4) is 11.1 Å². The fourth-order valence-electron chi connectivity index (χ4n) is 3.31. The predicted octanol–water partition coefficient (Wildman–Crippen LogP) is 2.14. The van der Waals surface area contributed by atoms with E-state index in [4.69, 9.17) is 4.42 Å². The van der Waals surface area contributed by atoms with Crippen LogP contribution in [0.25, 0.3) is 22.2 Å². The summed E-state index contributed by atoms with van der Waals surface area (Å²) in [4.78, 5) is 40.0. The van der Waals surface area contributed by atoms with Gasteiger partial charge in [-0.15, -0.1) is 0 Å². The van der Waals surface area contributed by atoms with Crippen LogP contribution < -0.4 is 11.1 Å². The van der Waals surface area contributed by atoms with E-state index in [1.807, 2.05) is 31.2 Å². The van der Waals surface area contributed by atoms with Gasteiger partial charge in [-0.2, -0.15) is 0 Å². The second kappa shape index (κ2) is 6.75. The molecule has 3 aromatic rings. The second-order valence-corrected chi connectivity index (χ2v) is 6.70. The van der Waals surface area contributed by atoms with E-state index in [2.05, 4.69) is 10.3 Å². The zero-order valence-electron chi connectivity index (χ0n) is 14.8. The van der Waals surface area contributed by atoms with Crippen LogP contribution in [0.15, 0.2) is 51.7 Å². The highest BCUT2D eigenvalue weighted by atomic mass is 16.4. The number of hydrogen-bond acceptors (Lipinski definition) is 4. The summed E-state index contributed by atoms with van der Waals surface area (Å²) in [6.45, 7) is 2.81. The number of fused-ring (bicyclic) bond motifs is 1. The quantitative estimate of drug-likeness (QED) is 0.727. The van der Waals surface area contributed by atoms with Crippen LogP contribution in [0.4, 0.5) is 0 Å². The summed E-state index contributed by atoms with van der Waals surface area (Å²) in [5.74, 6) is -0.594. The molecule has 2 heterocycles. The second-order valence-electron chi connectivity index (χ2n) is 6.70. The van der Waals surface area contributed by atoms with Gasteiger partial charge in [-0.05, 0) is 42.3 Å². The molecule has 2 aromatic carbocycles. The summed E-state index contributed by atoms with van der Waals surface area (Å²) in [7, 11) is 0. The van der Waals surface area contributed by atoms with Crippen molar-refractivity contribution in [3.63, 3.8) is 0 Å². The summed E-state index contributed by atoms with van der Waals surface area (Å²) < 4.78 is 5.01. The minimum atomic E-state index is -0.484. The van der Waals surface area contributed by atoms with Gasteiger partial charge < -0.3 is 14.6 Å². The smallest absolute Gasteiger partial charge is 0.408 e. The summed E-state index contributed by atoms with van der Waals surface area (Å²) in [6, 6.07) is 12.7. The molecule has 0 radical (unpaired) electrons. The van der Waals surface area contributed by atoms with E-state index in [0.29, 0.717) is 36.2 Å². The minimum absolute atomic E-state index is 0.0276. The lowest BCUT2D eigenvalue weighted by Gasteiger charge is -2.26. The number of oxazole rings is 1. The molecule has 2 N–H and O–H groups in total. The molecule has 7 heteroatoms. The summed E-state index contributed by atoms with van der Waals surface area (Å²) in [6.07, 6.45) is 0.317. The van der Waals surface area contributed by atoms with Crippen molar-refractivity contribution in [1.29, 1.82) is 0 Å². The number of H-pyrrole nitrogens is 1. The highest BCUT2D eigenvalue weighted by Crippen LogP contribution is 2.24. The van der Waals surface area contributed by atoms with Crippen molar-refractivity contribution in [1.82, 2.24) is 15.2 Å². The molecule has 1 aliphatic rings. The van der Waals surface area contributed by atoms with Gasteiger partial charge in [-0.25, -0.2) is 4.79 Å². The molecule has 1 aliphatic heterocycles. The van der Waals surface area contributed by atoms with Gasteiger partial charge in [0.15, 0.2) is 5.58 Å². The van der Waals surface area contributed by atoms with Gasteiger partial charge in [-0.3, -0.25) is 14.6 Å². The van der Waals surface area contributed by atoms with Gasteiger partial charge >= 0.3 is 5.76 Å². The topological polar surface area (TPSA) is 95.4 Å². The van der Waals surface area contributed by atoms with Gasteiger partial charge in [-0.1, -0.05) is 18.2 Å². The van der Waals surface area contributed by atoms with Gasteiger partial charge in [0.25, 0.3) is 5.91 Å². The van der Waals surface area contributed by atoms with Crippen LogP contribution in [0.5, 0.6) is 0 Å². The fraction of sp³-hybridized carbons (Fsp3) is 0.250. The third-order valence-electron chi connectivity index (χ3n) is 4.85. The van der Waals surface area contributed by atoms with Crippen molar-refractivity contribution in [2.24, 2.45) is 0 Å². The number of benzene rings is 2. The molecule has 0 bridgehead atoms. The molecule has 1 atom stereocenters. The maximum atomic E-state index is 12.8. The Balaban J connectivity index is 1.58. The van der Waals surface area contributed by atoms with E-state index in [0.717, 1.165) is 11.1 Å². The molecular formula is C20H19N3O4. The van der Waals surface area contributed by atoms with Crippen LogP contribution in [0.3, 0.4) is 0 Å². The first-order valence-electron chi connectivity index (χ1n) is 8.82. The highest BCUT2D eigenvalue weighted by molar-refractivity contribution is 5.95. The zero-order chi connectivity index (χ0) is 19.0. The molecule has 1 saturated heterocycles. The van der Waals surface area contributed by atoms with E-state index in [1.165, 1.54) is 0 Å². The Kier molecular flexibility index (Phi) is 4.27. The number of nitrogens with zero attached hydrogens (tertiary/aromatic N) is 1. The third-order valence-corrected chi connectivity index (χ3v) is 4.85. The fourth-order valence-corrected chi connectivity index (χ4v) is 3.31. The first kappa shape index (κ1) is 17.1. The number of carbonyl (C=O) groups is 2. The Bertz CT molecular complexity index is 1060. The zero-order valence-corrected chi connectivity index (χ0v) is 14.8. The predicted molar refractivity (Wildman–Crippen MR) is 100 cm³/mol. The molecule has 1 fully saturated rings. The van der Waals surface area contributed by atoms with Crippen molar-refractivity contribution in [2.75, 3.05) is 13.1 Å². The maximum Gasteiger partial charge on any atom is 0.417 e. The molecule has 1 aromatic heterocycles. The van der Waals surface area contributed by atoms with Crippen molar-refractivity contribution in [3.05, 3.63) is 58.6 Å². The molecule has 27 heavy (non-hydrogen) atoms. The lowest BCUT2D eigenvalue weighted by Crippen LogP contribution is -2.41.